The minimum atomic E-state index is 0.497. The molecule has 3 aromatic carbocycles. The molecular weight excluding hydrogens is 432 g/mol. The average Bonchev–Trinajstić information content (AvgIpc) is 3.09. The van der Waals surface area contributed by atoms with Gasteiger partial charge in [0.1, 0.15) is 5.82 Å². The molecule has 0 saturated heterocycles. The summed E-state index contributed by atoms with van der Waals surface area (Å²) in [5.74, 6) is 1.80. The van der Waals surface area contributed by atoms with Crippen molar-refractivity contribution in [2.75, 3.05) is 5.32 Å². The van der Waals surface area contributed by atoms with Gasteiger partial charge in [-0.1, -0.05) is 60.7 Å². The monoisotopic (exact) mass is 452 g/mol. The van der Waals surface area contributed by atoms with E-state index >= 15 is 0 Å². The van der Waals surface area contributed by atoms with Gasteiger partial charge in [0.15, 0.2) is 0 Å². The number of rotatable bonds is 3. The van der Waals surface area contributed by atoms with Crippen molar-refractivity contribution in [3.05, 3.63) is 114 Å². The number of hydrogen-bond acceptors (Lipinski definition) is 4. The van der Waals surface area contributed by atoms with Crippen LogP contribution in [-0.2, 0) is 0 Å². The van der Waals surface area contributed by atoms with Crippen LogP contribution >= 0.6 is 0 Å². The summed E-state index contributed by atoms with van der Waals surface area (Å²) in [6.45, 7) is 0. The standard InChI is InChI=1S/C30H20N4O/c1-3-10-24-20(8-1)15-16-21-18-23-22-9-2-4-11-26(22)34(27(23)19-25(21)32-24)28-12-7-14-30(33-28)35-29-13-5-6-17-31-29/h1-19,32H. The number of nitrogens with zero attached hydrogens (tertiary/aromatic N) is 3. The zero-order chi connectivity index (χ0) is 23.2. The molecule has 7 rings (SSSR count). The molecule has 5 nitrogen and oxygen atoms in total. The van der Waals surface area contributed by atoms with Gasteiger partial charge in [-0.05, 0) is 47.5 Å². The maximum Gasteiger partial charge on any atom is 0.223 e. The first-order valence-corrected chi connectivity index (χ1v) is 11.5. The molecule has 1 aliphatic rings. The highest BCUT2D eigenvalue weighted by Crippen LogP contribution is 2.38. The topological polar surface area (TPSA) is 52.0 Å². The van der Waals surface area contributed by atoms with Gasteiger partial charge in [0, 0.05) is 40.5 Å². The van der Waals surface area contributed by atoms with Crippen molar-refractivity contribution in [2.24, 2.45) is 0 Å². The number of aromatic nitrogens is 3. The van der Waals surface area contributed by atoms with Gasteiger partial charge in [-0.25, -0.2) is 4.98 Å². The number of hydrogen-bond donors (Lipinski definition) is 1. The SMILES string of the molecule is C1=Cc2cc3c4ccccc4n(-c4cccc(Oc5ccccn5)n4)c3cc2Nc2ccccc21. The lowest BCUT2D eigenvalue weighted by Crippen LogP contribution is -2.00. The molecule has 3 aromatic heterocycles. The fraction of sp³-hybridized carbons (Fsp3) is 0. The predicted octanol–water partition coefficient (Wildman–Crippen LogP) is 7.59. The van der Waals surface area contributed by atoms with Crippen LogP contribution in [-0.4, -0.2) is 14.5 Å². The van der Waals surface area contributed by atoms with E-state index in [4.69, 9.17) is 9.72 Å². The molecule has 4 heterocycles. The Morgan fingerprint density at radius 3 is 2.40 bits per heavy atom. The average molecular weight is 453 g/mol. The molecule has 6 aromatic rings. The van der Waals surface area contributed by atoms with E-state index in [0.29, 0.717) is 11.8 Å². The van der Waals surface area contributed by atoms with E-state index in [1.807, 2.05) is 36.4 Å². The zero-order valence-corrected chi connectivity index (χ0v) is 18.7. The smallest absolute Gasteiger partial charge is 0.223 e. The molecule has 0 fully saturated rings. The Kier molecular flexibility index (Phi) is 4.39. The molecule has 0 atom stereocenters. The predicted molar refractivity (Wildman–Crippen MR) is 142 cm³/mol. The second-order valence-corrected chi connectivity index (χ2v) is 8.46. The Morgan fingerprint density at radius 2 is 1.46 bits per heavy atom. The molecule has 166 valence electrons. The van der Waals surface area contributed by atoms with E-state index in [1.54, 1.807) is 6.20 Å². The van der Waals surface area contributed by atoms with Crippen LogP contribution in [0.25, 0.3) is 39.8 Å². The van der Waals surface area contributed by atoms with Crippen LogP contribution in [0.5, 0.6) is 11.8 Å². The summed E-state index contributed by atoms with van der Waals surface area (Å²) in [5.41, 5.74) is 6.64. The van der Waals surface area contributed by atoms with Crippen LogP contribution in [0, 0.1) is 0 Å². The van der Waals surface area contributed by atoms with Crippen LogP contribution in [0.4, 0.5) is 11.4 Å². The summed E-state index contributed by atoms with van der Waals surface area (Å²) < 4.78 is 8.12. The molecule has 0 saturated carbocycles. The third-order valence-corrected chi connectivity index (χ3v) is 6.30. The van der Waals surface area contributed by atoms with Crippen molar-refractivity contribution in [3.8, 4) is 17.6 Å². The third-order valence-electron chi connectivity index (χ3n) is 6.30. The van der Waals surface area contributed by atoms with Crippen LogP contribution in [0.15, 0.2) is 103 Å². The minimum absolute atomic E-state index is 0.497. The van der Waals surface area contributed by atoms with E-state index in [1.165, 1.54) is 16.3 Å². The van der Waals surface area contributed by atoms with Crippen LogP contribution in [0.2, 0.25) is 0 Å². The first-order valence-electron chi connectivity index (χ1n) is 11.5. The van der Waals surface area contributed by atoms with Gasteiger partial charge in [0.05, 0.1) is 11.0 Å². The molecule has 0 radical (unpaired) electrons. The Morgan fingerprint density at radius 1 is 0.629 bits per heavy atom. The van der Waals surface area contributed by atoms with Gasteiger partial charge in [0.2, 0.25) is 11.8 Å². The first-order chi connectivity index (χ1) is 17.3. The second kappa shape index (κ2) is 7.85. The Hall–Kier alpha value is -4.90. The van der Waals surface area contributed by atoms with Crippen LogP contribution in [0.3, 0.4) is 0 Å². The Labute approximate surface area is 202 Å². The Bertz CT molecular complexity index is 1750. The quantitative estimate of drug-likeness (QED) is 0.300. The van der Waals surface area contributed by atoms with Gasteiger partial charge < -0.3 is 10.1 Å². The summed E-state index contributed by atoms with van der Waals surface area (Å²) in [6.07, 6.45) is 6.05. The van der Waals surface area contributed by atoms with E-state index in [9.17, 15) is 0 Å². The number of anilines is 2. The van der Waals surface area contributed by atoms with Crippen molar-refractivity contribution in [1.82, 2.24) is 14.5 Å². The molecule has 0 amide bonds. The normalized spacial score (nSPS) is 12.1. The van der Waals surface area contributed by atoms with Gasteiger partial charge in [-0.3, -0.25) is 4.57 Å². The lowest BCUT2D eigenvalue weighted by Gasteiger charge is -2.12. The number of benzene rings is 3. The highest BCUT2D eigenvalue weighted by molar-refractivity contribution is 6.11. The molecule has 0 spiro atoms. The third kappa shape index (κ3) is 3.33. The van der Waals surface area contributed by atoms with Gasteiger partial charge in [-0.15, -0.1) is 0 Å². The zero-order valence-electron chi connectivity index (χ0n) is 18.7. The van der Waals surface area contributed by atoms with E-state index in [0.717, 1.165) is 33.8 Å². The van der Waals surface area contributed by atoms with E-state index in [-0.39, 0.29) is 0 Å². The van der Waals surface area contributed by atoms with Crippen molar-refractivity contribution in [3.63, 3.8) is 0 Å². The summed E-state index contributed by atoms with van der Waals surface area (Å²) in [4.78, 5) is 9.10. The summed E-state index contributed by atoms with van der Waals surface area (Å²) in [7, 11) is 0. The van der Waals surface area contributed by atoms with E-state index in [2.05, 4.69) is 87.7 Å². The van der Waals surface area contributed by atoms with Crippen molar-refractivity contribution in [2.45, 2.75) is 0 Å². The second-order valence-electron chi connectivity index (χ2n) is 8.46. The van der Waals surface area contributed by atoms with Gasteiger partial charge in [-0.2, -0.15) is 4.98 Å². The molecule has 1 N–H and O–H groups in total. The maximum absolute atomic E-state index is 5.93. The number of fused-ring (bicyclic) bond motifs is 5. The highest BCUT2D eigenvalue weighted by atomic mass is 16.5. The van der Waals surface area contributed by atoms with Crippen LogP contribution < -0.4 is 10.1 Å². The van der Waals surface area contributed by atoms with Crippen molar-refractivity contribution in [1.29, 1.82) is 0 Å². The van der Waals surface area contributed by atoms with Gasteiger partial charge >= 0.3 is 0 Å². The lowest BCUT2D eigenvalue weighted by atomic mass is 10.1. The molecule has 0 unspecified atom stereocenters. The van der Waals surface area contributed by atoms with Crippen molar-refractivity contribution >= 4 is 45.3 Å². The maximum atomic E-state index is 5.93. The molecule has 1 aliphatic heterocycles. The molecular formula is C30H20N4O. The Balaban J connectivity index is 1.43. The summed E-state index contributed by atoms with van der Waals surface area (Å²) >= 11 is 0. The highest BCUT2D eigenvalue weighted by Gasteiger charge is 2.17. The number of nitrogens with one attached hydrogen (secondary N) is 1. The molecule has 0 aliphatic carbocycles. The number of para-hydroxylation sites is 2. The first kappa shape index (κ1) is 19.6. The molecule has 0 bridgehead atoms. The van der Waals surface area contributed by atoms with Gasteiger partial charge in [0.25, 0.3) is 0 Å². The fourth-order valence-corrected chi connectivity index (χ4v) is 4.71. The largest absolute Gasteiger partial charge is 0.421 e. The lowest BCUT2D eigenvalue weighted by molar-refractivity contribution is 0.444. The van der Waals surface area contributed by atoms with Crippen LogP contribution in [0.1, 0.15) is 11.1 Å². The molecule has 35 heavy (non-hydrogen) atoms. The van der Waals surface area contributed by atoms with Crippen molar-refractivity contribution < 1.29 is 4.74 Å². The fourth-order valence-electron chi connectivity index (χ4n) is 4.71. The molecule has 5 heteroatoms. The number of pyridine rings is 2. The summed E-state index contributed by atoms with van der Waals surface area (Å²) in [6, 6.07) is 32.6. The summed E-state index contributed by atoms with van der Waals surface area (Å²) in [5, 5.41) is 5.99. The minimum Gasteiger partial charge on any atom is -0.421 e. The number of ether oxygens (including phenoxy) is 1. The van der Waals surface area contributed by atoms with E-state index < -0.39 is 0 Å².